The van der Waals surface area contributed by atoms with Crippen LogP contribution in [0.3, 0.4) is 0 Å². The first-order valence-electron chi connectivity index (χ1n) is 2.97. The molecule has 0 amide bonds. The monoisotopic (exact) mass is 155 g/mol. The predicted octanol–water partition coefficient (Wildman–Crippen LogP) is 1.41. The van der Waals surface area contributed by atoms with E-state index in [1.165, 1.54) is 0 Å². The molecule has 1 rings (SSSR count). The van der Waals surface area contributed by atoms with Crippen molar-refractivity contribution in [3.63, 3.8) is 0 Å². The van der Waals surface area contributed by atoms with Gasteiger partial charge < -0.3 is 4.98 Å². The van der Waals surface area contributed by atoms with Gasteiger partial charge in [-0.2, -0.15) is 0 Å². The molecule has 0 fully saturated rings. The molecule has 0 saturated heterocycles. The summed E-state index contributed by atoms with van der Waals surface area (Å²) in [5.74, 6) is 0. The van der Waals surface area contributed by atoms with Gasteiger partial charge >= 0.3 is 0 Å². The third-order valence-corrected chi connectivity index (χ3v) is 1.90. The Hall–Kier alpha value is -0.700. The van der Waals surface area contributed by atoms with E-state index in [9.17, 15) is 4.79 Å². The van der Waals surface area contributed by atoms with Crippen LogP contribution in [0.15, 0.2) is 21.8 Å². The average Bonchev–Trinajstić information content (AvgIpc) is 1.85. The van der Waals surface area contributed by atoms with Gasteiger partial charge in [0.25, 0.3) is 0 Å². The molecule has 10 heavy (non-hydrogen) atoms. The number of pyridine rings is 1. The number of nitrogens with one attached hydrogen (secondary N) is 1. The molecule has 1 heterocycles. The van der Waals surface area contributed by atoms with Crippen LogP contribution in [-0.4, -0.2) is 11.2 Å². The van der Waals surface area contributed by atoms with Crippen molar-refractivity contribution >= 4 is 11.8 Å². The summed E-state index contributed by atoms with van der Waals surface area (Å²) >= 11 is 1.58. The summed E-state index contributed by atoms with van der Waals surface area (Å²) in [4.78, 5) is 14.5. The van der Waals surface area contributed by atoms with Crippen LogP contribution < -0.4 is 5.56 Å². The largest absolute Gasteiger partial charge is 0.326 e. The lowest BCUT2D eigenvalue weighted by molar-refractivity contribution is 1.10. The predicted molar refractivity (Wildman–Crippen MR) is 43.6 cm³/mol. The van der Waals surface area contributed by atoms with Crippen LogP contribution in [0, 0.1) is 6.92 Å². The molecule has 3 heteroatoms. The number of hydrogen-bond donors (Lipinski definition) is 1. The Balaban J connectivity index is 3.19. The molecular formula is C7H9NOS. The van der Waals surface area contributed by atoms with E-state index in [0.717, 1.165) is 10.6 Å². The molecule has 0 aliphatic heterocycles. The van der Waals surface area contributed by atoms with E-state index in [-0.39, 0.29) is 5.56 Å². The fraction of sp³-hybridized carbons (Fsp3) is 0.286. The van der Waals surface area contributed by atoms with Gasteiger partial charge in [-0.05, 0) is 19.2 Å². The average molecular weight is 155 g/mol. The Bertz CT molecular complexity index is 279. The first-order valence-corrected chi connectivity index (χ1v) is 4.20. The molecule has 0 radical (unpaired) electrons. The van der Waals surface area contributed by atoms with Gasteiger partial charge in [0.2, 0.25) is 5.56 Å². The van der Waals surface area contributed by atoms with Gasteiger partial charge in [0.1, 0.15) is 0 Å². The fourth-order valence-electron chi connectivity index (χ4n) is 0.769. The standard InChI is InChI=1S/C7H9NOS/c1-5-3-6(10-2)4-7(9)8-5/h3-4H,1-2H3,(H,8,9). The van der Waals surface area contributed by atoms with Gasteiger partial charge in [-0.1, -0.05) is 0 Å². The molecule has 0 atom stereocenters. The lowest BCUT2D eigenvalue weighted by Crippen LogP contribution is -2.04. The van der Waals surface area contributed by atoms with E-state index in [1.807, 2.05) is 19.2 Å². The van der Waals surface area contributed by atoms with E-state index in [4.69, 9.17) is 0 Å². The fourth-order valence-corrected chi connectivity index (χ4v) is 1.29. The number of aryl methyl sites for hydroxylation is 1. The summed E-state index contributed by atoms with van der Waals surface area (Å²) in [6, 6.07) is 3.55. The summed E-state index contributed by atoms with van der Waals surface area (Å²) in [6.07, 6.45) is 1.95. The van der Waals surface area contributed by atoms with Crippen LogP contribution in [0.4, 0.5) is 0 Å². The number of H-pyrrole nitrogens is 1. The molecule has 1 N–H and O–H groups in total. The molecule has 2 nitrogen and oxygen atoms in total. The Morgan fingerprint density at radius 3 is 2.70 bits per heavy atom. The first-order chi connectivity index (χ1) is 4.72. The molecular weight excluding hydrogens is 146 g/mol. The van der Waals surface area contributed by atoms with Crippen LogP contribution in [-0.2, 0) is 0 Å². The molecule has 0 bridgehead atoms. The topological polar surface area (TPSA) is 32.9 Å². The molecule has 1 aromatic rings. The van der Waals surface area contributed by atoms with Gasteiger partial charge in [0.15, 0.2) is 0 Å². The number of thioether (sulfide) groups is 1. The lowest BCUT2D eigenvalue weighted by atomic mass is 10.4. The quantitative estimate of drug-likeness (QED) is 0.622. The lowest BCUT2D eigenvalue weighted by Gasteiger charge is -1.95. The van der Waals surface area contributed by atoms with Crippen molar-refractivity contribution in [3.8, 4) is 0 Å². The number of hydrogen-bond acceptors (Lipinski definition) is 2. The molecule has 0 aliphatic carbocycles. The smallest absolute Gasteiger partial charge is 0.249 e. The van der Waals surface area contributed by atoms with Gasteiger partial charge in [0.05, 0.1) is 0 Å². The first kappa shape index (κ1) is 7.41. The van der Waals surface area contributed by atoms with Crippen LogP contribution in [0.2, 0.25) is 0 Å². The Kier molecular flexibility index (Phi) is 2.17. The summed E-state index contributed by atoms with van der Waals surface area (Å²) in [5.41, 5.74) is 0.890. The normalized spacial score (nSPS) is 9.80. The van der Waals surface area contributed by atoms with Crippen molar-refractivity contribution in [2.24, 2.45) is 0 Å². The van der Waals surface area contributed by atoms with Crippen molar-refractivity contribution in [3.05, 3.63) is 28.2 Å². The summed E-state index contributed by atoms with van der Waals surface area (Å²) < 4.78 is 0. The highest BCUT2D eigenvalue weighted by Crippen LogP contribution is 2.11. The van der Waals surface area contributed by atoms with E-state index >= 15 is 0 Å². The second kappa shape index (κ2) is 2.92. The zero-order valence-corrected chi connectivity index (χ0v) is 6.79. The van der Waals surface area contributed by atoms with Crippen molar-refractivity contribution in [1.82, 2.24) is 4.98 Å². The highest BCUT2D eigenvalue weighted by molar-refractivity contribution is 7.98. The minimum absolute atomic E-state index is 0.0237. The van der Waals surface area contributed by atoms with Crippen molar-refractivity contribution in [1.29, 1.82) is 0 Å². The number of aromatic nitrogens is 1. The Morgan fingerprint density at radius 2 is 2.20 bits per heavy atom. The van der Waals surface area contributed by atoms with Crippen molar-refractivity contribution < 1.29 is 0 Å². The Morgan fingerprint density at radius 1 is 1.50 bits per heavy atom. The number of rotatable bonds is 1. The maximum atomic E-state index is 10.8. The minimum Gasteiger partial charge on any atom is -0.326 e. The molecule has 0 aromatic carbocycles. The highest BCUT2D eigenvalue weighted by Gasteiger charge is 1.91. The Labute approximate surface area is 63.7 Å². The van der Waals surface area contributed by atoms with E-state index in [0.29, 0.717) is 0 Å². The maximum absolute atomic E-state index is 10.8. The summed E-state index contributed by atoms with van der Waals surface area (Å²) in [7, 11) is 0. The molecule has 0 saturated carbocycles. The molecule has 0 spiro atoms. The second-order valence-electron chi connectivity index (χ2n) is 2.07. The molecule has 0 aliphatic rings. The van der Waals surface area contributed by atoms with E-state index in [1.54, 1.807) is 17.8 Å². The van der Waals surface area contributed by atoms with Crippen LogP contribution in [0.25, 0.3) is 0 Å². The molecule has 1 aromatic heterocycles. The third kappa shape index (κ3) is 1.64. The number of aromatic amines is 1. The second-order valence-corrected chi connectivity index (χ2v) is 2.95. The summed E-state index contributed by atoms with van der Waals surface area (Å²) in [6.45, 7) is 1.88. The van der Waals surface area contributed by atoms with Crippen LogP contribution in [0.1, 0.15) is 5.69 Å². The van der Waals surface area contributed by atoms with Gasteiger partial charge in [-0.3, -0.25) is 4.79 Å². The van der Waals surface area contributed by atoms with Crippen molar-refractivity contribution in [2.45, 2.75) is 11.8 Å². The zero-order valence-electron chi connectivity index (χ0n) is 5.97. The van der Waals surface area contributed by atoms with Crippen LogP contribution >= 0.6 is 11.8 Å². The summed E-state index contributed by atoms with van der Waals surface area (Å²) in [5, 5.41) is 0. The van der Waals surface area contributed by atoms with E-state index in [2.05, 4.69) is 4.98 Å². The minimum atomic E-state index is -0.0237. The molecule has 0 unspecified atom stereocenters. The SMILES string of the molecule is CSc1cc(C)[nH]c(=O)c1. The highest BCUT2D eigenvalue weighted by atomic mass is 32.2. The molecule has 54 valence electrons. The van der Waals surface area contributed by atoms with Gasteiger partial charge in [-0.25, -0.2) is 0 Å². The van der Waals surface area contributed by atoms with Crippen molar-refractivity contribution in [2.75, 3.05) is 6.26 Å². The van der Waals surface area contributed by atoms with Gasteiger partial charge in [-0.15, -0.1) is 11.8 Å². The van der Waals surface area contributed by atoms with E-state index < -0.39 is 0 Å². The maximum Gasteiger partial charge on any atom is 0.249 e. The van der Waals surface area contributed by atoms with Crippen LogP contribution in [0.5, 0.6) is 0 Å². The third-order valence-electron chi connectivity index (χ3n) is 1.19. The van der Waals surface area contributed by atoms with Gasteiger partial charge in [0, 0.05) is 16.7 Å². The zero-order chi connectivity index (χ0) is 7.56.